The van der Waals surface area contributed by atoms with Gasteiger partial charge in [0.05, 0.1) is 12.1 Å². The Kier molecular flexibility index (Phi) is 9.22. The van der Waals surface area contributed by atoms with Crippen LogP contribution in [0.2, 0.25) is 0 Å². The molecule has 4 aliphatic rings. The number of rotatable bonds is 7. The molecule has 0 atom stereocenters. The van der Waals surface area contributed by atoms with E-state index in [9.17, 15) is 27.6 Å². The van der Waals surface area contributed by atoms with Gasteiger partial charge in [-0.3, -0.25) is 19.4 Å². The number of hydrogen-bond acceptors (Lipinski definition) is 5. The van der Waals surface area contributed by atoms with Gasteiger partial charge in [-0.15, -0.1) is 0 Å². The number of ether oxygens (including phenoxy) is 1. The first-order valence-corrected chi connectivity index (χ1v) is 16.4. The number of alkyl halides is 3. The Morgan fingerprint density at radius 3 is 1.98 bits per heavy atom. The van der Waals surface area contributed by atoms with Crippen LogP contribution in [0, 0.1) is 11.8 Å². The first-order valence-electron chi connectivity index (χ1n) is 16.4. The summed E-state index contributed by atoms with van der Waals surface area (Å²) >= 11 is 0. The van der Waals surface area contributed by atoms with Gasteiger partial charge in [0.1, 0.15) is 11.4 Å². The highest BCUT2D eigenvalue weighted by Gasteiger charge is 2.47. The minimum atomic E-state index is -4.34. The minimum Gasteiger partial charge on any atom is -0.441 e. The number of Topliss-reactive ketones (excluding diaryl/α,β-unsaturated/α-hetero) is 1. The van der Waals surface area contributed by atoms with Crippen molar-refractivity contribution >= 4 is 17.8 Å². The van der Waals surface area contributed by atoms with Gasteiger partial charge in [0.25, 0.3) is 5.91 Å². The van der Waals surface area contributed by atoms with E-state index in [1.165, 1.54) is 18.6 Å². The van der Waals surface area contributed by atoms with Crippen molar-refractivity contribution in [3.05, 3.63) is 70.8 Å². The number of benzene rings is 2. The first kappa shape index (κ1) is 31.6. The van der Waals surface area contributed by atoms with Crippen molar-refractivity contribution < 1.29 is 32.3 Å². The smallest absolute Gasteiger partial charge is 0.416 e. The summed E-state index contributed by atoms with van der Waals surface area (Å²) < 4.78 is 44.5. The van der Waals surface area contributed by atoms with E-state index in [0.29, 0.717) is 70.0 Å². The molecule has 0 bridgehead atoms. The highest BCUT2D eigenvalue weighted by molar-refractivity contribution is 5.94. The maximum atomic E-state index is 13.2. The average Bonchev–Trinajstić information content (AvgIpc) is 3.35. The molecule has 10 heteroatoms. The zero-order valence-electron chi connectivity index (χ0n) is 25.7. The molecule has 0 unspecified atom stereocenters. The number of carbonyl (C=O) groups is 3. The number of likely N-dealkylation sites (tertiary alicyclic amines) is 2. The molecule has 3 aliphatic heterocycles. The van der Waals surface area contributed by atoms with Crippen molar-refractivity contribution in [2.45, 2.75) is 82.7 Å². The second-order valence-electron chi connectivity index (χ2n) is 13.4. The quantitative estimate of drug-likeness (QED) is 0.343. The SMILES string of the molecule is O=C(C1CCCCC1)C1CCN(C(=O)c2ccc(CN3CC4(CCN(Cc5ccc(C(F)(F)F)cc5)CC4)OC3=O)cc2)CC1. The normalized spacial score (nSPS) is 21.7. The van der Waals surface area contributed by atoms with Crippen LogP contribution in [0.3, 0.4) is 0 Å². The lowest BCUT2D eigenvalue weighted by Crippen LogP contribution is -2.46. The highest BCUT2D eigenvalue weighted by atomic mass is 19.4. The molecule has 7 nitrogen and oxygen atoms in total. The van der Waals surface area contributed by atoms with Gasteiger partial charge < -0.3 is 9.64 Å². The maximum absolute atomic E-state index is 13.2. The third kappa shape index (κ3) is 7.37. The molecule has 0 radical (unpaired) electrons. The molecule has 6 rings (SSSR count). The molecule has 45 heavy (non-hydrogen) atoms. The van der Waals surface area contributed by atoms with E-state index >= 15 is 0 Å². The van der Waals surface area contributed by atoms with Crippen molar-refractivity contribution in [2.75, 3.05) is 32.7 Å². The molecule has 0 aromatic heterocycles. The first-order chi connectivity index (χ1) is 21.6. The standard InChI is InChI=1S/C35H42F3N3O4/c36-35(37,38)30-12-8-25(9-13-30)22-39-20-16-34(17-21-39)24-41(33(44)45-34)23-26-6-10-29(11-7-26)32(43)40-18-14-28(15-19-40)31(42)27-4-2-1-3-5-27/h6-13,27-28H,1-5,14-24H2. The van der Waals surface area contributed by atoms with Crippen LogP contribution in [0.25, 0.3) is 0 Å². The molecule has 2 amide bonds. The number of ketones is 1. The van der Waals surface area contributed by atoms with Gasteiger partial charge in [-0.1, -0.05) is 43.5 Å². The lowest BCUT2D eigenvalue weighted by molar-refractivity contribution is -0.137. The Morgan fingerprint density at radius 1 is 0.778 bits per heavy atom. The zero-order chi connectivity index (χ0) is 31.6. The second-order valence-corrected chi connectivity index (χ2v) is 13.4. The van der Waals surface area contributed by atoms with Gasteiger partial charge in [0, 0.05) is 69.5 Å². The lowest BCUT2D eigenvalue weighted by Gasteiger charge is -2.37. The molecule has 0 N–H and O–H groups in total. The van der Waals surface area contributed by atoms with Crippen LogP contribution in [0.4, 0.5) is 18.0 Å². The minimum absolute atomic E-state index is 0.0206. The fourth-order valence-corrected chi connectivity index (χ4v) is 7.49. The van der Waals surface area contributed by atoms with Crippen molar-refractivity contribution in [3.8, 4) is 0 Å². The molecule has 2 aromatic rings. The van der Waals surface area contributed by atoms with Crippen LogP contribution >= 0.6 is 0 Å². The van der Waals surface area contributed by atoms with E-state index in [2.05, 4.69) is 4.90 Å². The highest BCUT2D eigenvalue weighted by Crippen LogP contribution is 2.35. The van der Waals surface area contributed by atoms with E-state index < -0.39 is 17.3 Å². The average molecular weight is 626 g/mol. The summed E-state index contributed by atoms with van der Waals surface area (Å²) in [6.45, 7) is 4.00. The van der Waals surface area contributed by atoms with Crippen molar-refractivity contribution in [1.29, 1.82) is 0 Å². The van der Waals surface area contributed by atoms with E-state index in [4.69, 9.17) is 4.74 Å². The van der Waals surface area contributed by atoms with E-state index in [1.807, 2.05) is 29.2 Å². The number of nitrogens with zero attached hydrogens (tertiary/aromatic N) is 3. The van der Waals surface area contributed by atoms with E-state index in [-0.39, 0.29) is 23.8 Å². The van der Waals surface area contributed by atoms with Gasteiger partial charge in [-0.2, -0.15) is 13.2 Å². The Bertz CT molecular complexity index is 1360. The van der Waals surface area contributed by atoms with Crippen LogP contribution in [0.5, 0.6) is 0 Å². The summed E-state index contributed by atoms with van der Waals surface area (Å²) in [5.74, 6) is 0.689. The van der Waals surface area contributed by atoms with Gasteiger partial charge in [-0.25, -0.2) is 4.79 Å². The molecule has 1 spiro atoms. The predicted octanol–water partition coefficient (Wildman–Crippen LogP) is 6.69. The number of amides is 2. The number of hydrogen-bond donors (Lipinski definition) is 0. The third-order valence-electron chi connectivity index (χ3n) is 10.3. The molecule has 3 heterocycles. The molecule has 1 saturated carbocycles. The summed E-state index contributed by atoms with van der Waals surface area (Å²) in [6, 6.07) is 12.7. The molecule has 3 saturated heterocycles. The van der Waals surface area contributed by atoms with Crippen LogP contribution in [-0.2, 0) is 28.8 Å². The van der Waals surface area contributed by atoms with Crippen LogP contribution in [0.15, 0.2) is 48.5 Å². The lowest BCUT2D eigenvalue weighted by atomic mass is 9.78. The molecule has 2 aromatic carbocycles. The fraction of sp³-hybridized carbons (Fsp3) is 0.571. The summed E-state index contributed by atoms with van der Waals surface area (Å²) in [7, 11) is 0. The third-order valence-corrected chi connectivity index (χ3v) is 10.3. The summed E-state index contributed by atoms with van der Waals surface area (Å²) in [4.78, 5) is 44.7. The van der Waals surface area contributed by atoms with Gasteiger partial charge in [0.2, 0.25) is 0 Å². The number of halogens is 3. The van der Waals surface area contributed by atoms with Gasteiger partial charge in [-0.05, 0) is 61.1 Å². The Morgan fingerprint density at radius 2 is 1.36 bits per heavy atom. The second kappa shape index (κ2) is 13.1. The molecular formula is C35H42F3N3O4. The number of carbonyl (C=O) groups excluding carboxylic acids is 3. The fourth-order valence-electron chi connectivity index (χ4n) is 7.49. The summed E-state index contributed by atoms with van der Waals surface area (Å²) in [6.07, 6.45) is 3.68. The van der Waals surface area contributed by atoms with Crippen LogP contribution in [0.1, 0.15) is 84.8 Å². The van der Waals surface area contributed by atoms with Gasteiger partial charge in [0.15, 0.2) is 0 Å². The van der Waals surface area contributed by atoms with Crippen LogP contribution in [-0.4, -0.2) is 70.8 Å². The van der Waals surface area contributed by atoms with Crippen LogP contribution < -0.4 is 0 Å². The summed E-state index contributed by atoms with van der Waals surface area (Å²) in [5, 5.41) is 0. The number of piperidine rings is 2. The van der Waals surface area contributed by atoms with Crippen molar-refractivity contribution in [1.82, 2.24) is 14.7 Å². The van der Waals surface area contributed by atoms with Gasteiger partial charge >= 0.3 is 12.3 Å². The van der Waals surface area contributed by atoms with Crippen molar-refractivity contribution in [3.63, 3.8) is 0 Å². The Hall–Kier alpha value is -3.40. The summed E-state index contributed by atoms with van der Waals surface area (Å²) in [5.41, 5.74) is 1.13. The largest absolute Gasteiger partial charge is 0.441 e. The van der Waals surface area contributed by atoms with E-state index in [0.717, 1.165) is 61.8 Å². The Labute approximate surface area is 262 Å². The van der Waals surface area contributed by atoms with E-state index in [1.54, 1.807) is 4.90 Å². The maximum Gasteiger partial charge on any atom is 0.416 e. The predicted molar refractivity (Wildman–Crippen MR) is 162 cm³/mol. The van der Waals surface area contributed by atoms with Crippen molar-refractivity contribution in [2.24, 2.45) is 11.8 Å². The monoisotopic (exact) mass is 625 g/mol. The molecule has 1 aliphatic carbocycles. The molecular weight excluding hydrogens is 583 g/mol. The molecule has 4 fully saturated rings. The zero-order valence-corrected chi connectivity index (χ0v) is 25.7. The Balaban J connectivity index is 0.960. The molecule has 242 valence electrons. The topological polar surface area (TPSA) is 70.2 Å².